The fraction of sp³-hybridized carbons (Fsp3) is 0. The standard InChI is InChI=1S/C13H11N3O5S.Na/c17-16(18)12-3-1-2-10(8-12)9-14-15-11-4-6-13(7-5-11)22(19,20)21;/h1-9,15H,(H,19,20,21);/q;+1/b14-9+;. The van der Waals surface area contributed by atoms with Gasteiger partial charge in [-0.05, 0) is 24.3 Å². The van der Waals surface area contributed by atoms with Crippen LogP contribution in [-0.2, 0) is 10.1 Å². The van der Waals surface area contributed by atoms with Gasteiger partial charge in [-0.15, -0.1) is 0 Å². The van der Waals surface area contributed by atoms with Crippen LogP contribution in [0.5, 0.6) is 0 Å². The van der Waals surface area contributed by atoms with Gasteiger partial charge < -0.3 is 0 Å². The first-order valence-electron chi connectivity index (χ1n) is 5.97. The maximum atomic E-state index is 10.9. The van der Waals surface area contributed by atoms with Crippen LogP contribution in [0.25, 0.3) is 0 Å². The number of nitro groups is 1. The summed E-state index contributed by atoms with van der Waals surface area (Å²) in [5.74, 6) is 0. The minimum atomic E-state index is -4.23. The summed E-state index contributed by atoms with van der Waals surface area (Å²) in [7, 11) is -4.23. The van der Waals surface area contributed by atoms with Crippen LogP contribution in [0.4, 0.5) is 11.4 Å². The molecule has 8 nitrogen and oxygen atoms in total. The van der Waals surface area contributed by atoms with E-state index in [1.165, 1.54) is 42.6 Å². The van der Waals surface area contributed by atoms with E-state index in [-0.39, 0.29) is 40.1 Å². The van der Waals surface area contributed by atoms with Gasteiger partial charge in [0.2, 0.25) is 0 Å². The summed E-state index contributed by atoms with van der Waals surface area (Å²) < 4.78 is 30.6. The summed E-state index contributed by atoms with van der Waals surface area (Å²) in [6.07, 6.45) is 1.39. The van der Waals surface area contributed by atoms with E-state index in [1.54, 1.807) is 12.1 Å². The largest absolute Gasteiger partial charge is 1.00 e. The van der Waals surface area contributed by atoms with Gasteiger partial charge in [-0.2, -0.15) is 13.5 Å². The number of anilines is 1. The van der Waals surface area contributed by atoms with Crippen LogP contribution < -0.4 is 35.0 Å². The quantitative estimate of drug-likeness (QED) is 0.243. The van der Waals surface area contributed by atoms with E-state index in [9.17, 15) is 18.5 Å². The Hall–Kier alpha value is -1.78. The molecule has 114 valence electrons. The molecule has 10 heteroatoms. The number of nitrogens with one attached hydrogen (secondary N) is 1. The summed E-state index contributed by atoms with van der Waals surface area (Å²) in [6, 6.07) is 11.2. The Balaban J connectivity index is 0.00000264. The molecule has 0 heterocycles. The zero-order valence-corrected chi connectivity index (χ0v) is 14.9. The first kappa shape index (κ1) is 19.3. The topological polar surface area (TPSA) is 122 Å². The molecule has 0 aliphatic heterocycles. The van der Waals surface area contributed by atoms with Crippen LogP contribution in [0.15, 0.2) is 58.5 Å². The monoisotopic (exact) mass is 344 g/mol. The maximum Gasteiger partial charge on any atom is 1.00 e. The molecule has 2 aromatic rings. The maximum absolute atomic E-state index is 10.9. The summed E-state index contributed by atoms with van der Waals surface area (Å²) >= 11 is 0. The number of non-ortho nitro benzene ring substituents is 1. The van der Waals surface area contributed by atoms with E-state index in [0.29, 0.717) is 11.3 Å². The molecule has 0 radical (unpaired) electrons. The molecular formula is C13H11N3NaO5S+. The number of rotatable bonds is 5. The first-order valence-corrected chi connectivity index (χ1v) is 7.41. The molecule has 2 rings (SSSR count). The summed E-state index contributed by atoms with van der Waals surface area (Å²) in [5.41, 5.74) is 3.64. The van der Waals surface area contributed by atoms with E-state index in [4.69, 9.17) is 4.55 Å². The molecule has 0 bridgehead atoms. The summed E-state index contributed by atoms with van der Waals surface area (Å²) in [5, 5.41) is 14.5. The molecule has 0 saturated carbocycles. The Bertz CT molecular complexity index is 822. The van der Waals surface area contributed by atoms with Gasteiger partial charge in [-0.3, -0.25) is 20.1 Å². The molecule has 0 saturated heterocycles. The third-order valence-electron chi connectivity index (χ3n) is 2.64. The van der Waals surface area contributed by atoms with Crippen molar-refractivity contribution in [1.82, 2.24) is 0 Å². The minimum Gasteiger partial charge on any atom is -0.282 e. The van der Waals surface area contributed by atoms with Crippen LogP contribution >= 0.6 is 0 Å². The summed E-state index contributed by atoms with van der Waals surface area (Å²) in [6.45, 7) is 0. The molecule has 0 aliphatic carbocycles. The fourth-order valence-corrected chi connectivity index (χ4v) is 2.08. The van der Waals surface area contributed by atoms with E-state index < -0.39 is 15.0 Å². The zero-order chi connectivity index (χ0) is 16.2. The van der Waals surface area contributed by atoms with E-state index in [1.807, 2.05) is 0 Å². The molecule has 0 aliphatic rings. The molecule has 0 atom stereocenters. The number of hydrogen-bond donors (Lipinski definition) is 2. The second-order valence-corrected chi connectivity index (χ2v) is 5.64. The normalized spacial score (nSPS) is 11.0. The van der Waals surface area contributed by atoms with Crippen LogP contribution in [0.2, 0.25) is 0 Å². The SMILES string of the molecule is O=[N+]([O-])c1cccc(/C=N/Nc2ccc(S(=O)(=O)O)cc2)c1.[Na+]. The molecule has 0 fully saturated rings. The van der Waals surface area contributed by atoms with Crippen molar-refractivity contribution in [3.63, 3.8) is 0 Å². The van der Waals surface area contributed by atoms with Crippen LogP contribution in [-0.4, -0.2) is 24.1 Å². The molecule has 0 amide bonds. The molecule has 23 heavy (non-hydrogen) atoms. The van der Waals surface area contributed by atoms with Crippen molar-refractivity contribution in [2.24, 2.45) is 5.10 Å². The third kappa shape index (κ3) is 5.73. The van der Waals surface area contributed by atoms with Gasteiger partial charge in [0.15, 0.2) is 0 Å². The molecule has 2 aromatic carbocycles. The van der Waals surface area contributed by atoms with Gasteiger partial charge in [-0.1, -0.05) is 12.1 Å². The van der Waals surface area contributed by atoms with Crippen molar-refractivity contribution in [1.29, 1.82) is 0 Å². The van der Waals surface area contributed by atoms with Crippen molar-refractivity contribution in [3.05, 3.63) is 64.2 Å². The van der Waals surface area contributed by atoms with Crippen LogP contribution in [0.3, 0.4) is 0 Å². The number of benzene rings is 2. The smallest absolute Gasteiger partial charge is 0.282 e. The first-order chi connectivity index (χ1) is 10.4. The number of nitrogens with zero attached hydrogens (tertiary/aromatic N) is 2. The Morgan fingerprint density at radius 3 is 2.39 bits per heavy atom. The number of hydrazone groups is 1. The Labute approximate surface area is 154 Å². The Kier molecular flexibility index (Phi) is 6.85. The molecule has 0 unspecified atom stereocenters. The average Bonchev–Trinajstić information content (AvgIpc) is 2.47. The van der Waals surface area contributed by atoms with Crippen molar-refractivity contribution in [2.75, 3.05) is 5.43 Å². The Morgan fingerprint density at radius 1 is 1.17 bits per heavy atom. The fourth-order valence-electron chi connectivity index (χ4n) is 1.60. The third-order valence-corrected chi connectivity index (χ3v) is 3.51. The van der Waals surface area contributed by atoms with E-state index in [2.05, 4.69) is 10.5 Å². The zero-order valence-electron chi connectivity index (χ0n) is 12.1. The van der Waals surface area contributed by atoms with Crippen molar-refractivity contribution in [3.8, 4) is 0 Å². The average molecular weight is 344 g/mol. The van der Waals surface area contributed by atoms with Gasteiger partial charge in [-0.25, -0.2) is 0 Å². The second-order valence-electron chi connectivity index (χ2n) is 4.22. The predicted octanol–water partition coefficient (Wildman–Crippen LogP) is -0.708. The molecule has 0 aromatic heterocycles. The Morgan fingerprint density at radius 2 is 1.83 bits per heavy atom. The second kappa shape index (κ2) is 8.18. The van der Waals surface area contributed by atoms with E-state index in [0.717, 1.165) is 0 Å². The van der Waals surface area contributed by atoms with Crippen LogP contribution in [0.1, 0.15) is 5.56 Å². The molecule has 0 spiro atoms. The molecule has 2 N–H and O–H groups in total. The number of hydrogen-bond acceptors (Lipinski definition) is 6. The van der Waals surface area contributed by atoms with E-state index >= 15 is 0 Å². The van der Waals surface area contributed by atoms with Gasteiger partial charge in [0.25, 0.3) is 15.8 Å². The van der Waals surface area contributed by atoms with Crippen molar-refractivity contribution >= 4 is 27.7 Å². The summed E-state index contributed by atoms with van der Waals surface area (Å²) in [4.78, 5) is 9.91. The van der Waals surface area contributed by atoms with Gasteiger partial charge >= 0.3 is 29.6 Å². The predicted molar refractivity (Wildman–Crippen MR) is 80.6 cm³/mol. The van der Waals surface area contributed by atoms with Gasteiger partial charge in [0.05, 0.1) is 21.7 Å². The van der Waals surface area contributed by atoms with Gasteiger partial charge in [0.1, 0.15) is 0 Å². The van der Waals surface area contributed by atoms with Crippen molar-refractivity contribution in [2.45, 2.75) is 4.90 Å². The van der Waals surface area contributed by atoms with Crippen molar-refractivity contribution < 1.29 is 47.5 Å². The van der Waals surface area contributed by atoms with Crippen LogP contribution in [0, 0.1) is 10.1 Å². The molecular weight excluding hydrogens is 333 g/mol. The minimum absolute atomic E-state index is 0. The van der Waals surface area contributed by atoms with Gasteiger partial charge in [0, 0.05) is 17.7 Å². The number of nitro benzene ring substituents is 1.